The van der Waals surface area contributed by atoms with Gasteiger partial charge in [-0.15, -0.1) is 0 Å². The monoisotopic (exact) mass is 347 g/mol. The normalized spacial score (nSPS) is 27.0. The largest absolute Gasteiger partial charge is 0.378 e. The van der Waals surface area contributed by atoms with Gasteiger partial charge >= 0.3 is 0 Å². The lowest BCUT2D eigenvalue weighted by Crippen LogP contribution is -2.42. The molecular weight excluding hydrogens is 322 g/mol. The number of carbonyl (C=O) groups is 1. The van der Waals surface area contributed by atoms with E-state index in [4.69, 9.17) is 0 Å². The maximum atomic E-state index is 12.5. The summed E-state index contributed by atoms with van der Waals surface area (Å²) in [4.78, 5) is 12.5. The van der Waals surface area contributed by atoms with Gasteiger partial charge in [0.05, 0.1) is 6.04 Å². The Kier molecular flexibility index (Phi) is 3.93. The van der Waals surface area contributed by atoms with Crippen LogP contribution in [0.15, 0.2) is 48.5 Å². The lowest BCUT2D eigenvalue weighted by molar-refractivity contribution is 0.0951. The average Bonchev–Trinajstić information content (AvgIpc) is 3.51. The number of nitrogens with one attached hydrogen (secondary N) is 3. The summed E-state index contributed by atoms with van der Waals surface area (Å²) in [5.74, 6) is 0.563. The van der Waals surface area contributed by atoms with Crippen LogP contribution < -0.4 is 16.0 Å². The second-order valence-corrected chi connectivity index (χ2v) is 7.82. The van der Waals surface area contributed by atoms with Crippen LogP contribution in [0.2, 0.25) is 0 Å². The zero-order chi connectivity index (χ0) is 17.5. The zero-order valence-corrected chi connectivity index (χ0v) is 14.9. The Balaban J connectivity index is 1.50. The van der Waals surface area contributed by atoms with E-state index in [0.29, 0.717) is 24.0 Å². The molecule has 4 nitrogen and oxygen atoms in total. The molecule has 0 radical (unpaired) electrons. The molecular formula is C22H25N3O. The van der Waals surface area contributed by atoms with Gasteiger partial charge in [0.15, 0.2) is 0 Å². The minimum atomic E-state index is 0.0628. The molecule has 3 N–H and O–H groups in total. The molecule has 3 aliphatic rings. The van der Waals surface area contributed by atoms with E-state index in [2.05, 4.69) is 58.4 Å². The molecule has 0 aromatic heterocycles. The number of rotatable bonds is 3. The summed E-state index contributed by atoms with van der Waals surface area (Å²) < 4.78 is 0. The molecule has 1 saturated carbocycles. The van der Waals surface area contributed by atoms with E-state index in [1.165, 1.54) is 24.0 Å². The van der Waals surface area contributed by atoms with Crippen LogP contribution in [0.3, 0.4) is 0 Å². The Bertz CT molecular complexity index is 815. The predicted octanol–water partition coefficient (Wildman–Crippen LogP) is 3.79. The van der Waals surface area contributed by atoms with Gasteiger partial charge in [-0.1, -0.05) is 30.3 Å². The van der Waals surface area contributed by atoms with E-state index in [1.807, 2.05) is 6.07 Å². The molecule has 2 fully saturated rings. The Hall–Kier alpha value is -2.33. The van der Waals surface area contributed by atoms with Crippen molar-refractivity contribution in [3.8, 4) is 0 Å². The van der Waals surface area contributed by atoms with Crippen LogP contribution >= 0.6 is 0 Å². The van der Waals surface area contributed by atoms with Gasteiger partial charge in [-0.3, -0.25) is 4.79 Å². The van der Waals surface area contributed by atoms with Crippen molar-refractivity contribution in [2.24, 2.45) is 5.92 Å². The molecule has 5 rings (SSSR count). The van der Waals surface area contributed by atoms with Crippen LogP contribution in [-0.2, 0) is 0 Å². The van der Waals surface area contributed by atoms with Gasteiger partial charge in [0.2, 0.25) is 0 Å². The maximum absolute atomic E-state index is 12.5. The molecule has 2 aromatic rings. The summed E-state index contributed by atoms with van der Waals surface area (Å²) in [5, 5.41) is 10.6. The van der Waals surface area contributed by atoms with Crippen molar-refractivity contribution >= 4 is 11.6 Å². The lowest BCUT2D eigenvalue weighted by Gasteiger charge is -2.44. The Morgan fingerprint density at radius 3 is 2.65 bits per heavy atom. The second kappa shape index (κ2) is 6.44. The summed E-state index contributed by atoms with van der Waals surface area (Å²) in [7, 11) is 0. The van der Waals surface area contributed by atoms with Crippen molar-refractivity contribution in [3.63, 3.8) is 0 Å². The number of hydrogen-bond donors (Lipinski definition) is 3. The summed E-state index contributed by atoms with van der Waals surface area (Å²) in [6.07, 6.45) is 4.62. The number of benzene rings is 2. The molecule has 0 bridgehead atoms. The third-order valence-electron chi connectivity index (χ3n) is 5.97. The van der Waals surface area contributed by atoms with E-state index in [-0.39, 0.29) is 5.91 Å². The highest BCUT2D eigenvalue weighted by atomic mass is 16.1. The number of amides is 1. The van der Waals surface area contributed by atoms with Gasteiger partial charge in [0, 0.05) is 29.3 Å². The highest BCUT2D eigenvalue weighted by Crippen LogP contribution is 2.46. The molecule has 1 amide bonds. The van der Waals surface area contributed by atoms with E-state index < -0.39 is 0 Å². The van der Waals surface area contributed by atoms with Crippen molar-refractivity contribution in [2.45, 2.75) is 43.8 Å². The van der Waals surface area contributed by atoms with Gasteiger partial charge < -0.3 is 16.0 Å². The van der Waals surface area contributed by atoms with E-state index in [0.717, 1.165) is 30.6 Å². The van der Waals surface area contributed by atoms with Crippen molar-refractivity contribution in [1.82, 2.24) is 10.6 Å². The first-order chi connectivity index (χ1) is 12.8. The number of piperidine rings is 1. The van der Waals surface area contributed by atoms with Crippen LogP contribution in [-0.4, -0.2) is 18.5 Å². The topological polar surface area (TPSA) is 53.2 Å². The van der Waals surface area contributed by atoms with E-state index in [9.17, 15) is 4.79 Å². The first kappa shape index (κ1) is 15.9. The fourth-order valence-corrected chi connectivity index (χ4v) is 4.47. The number of fused-ring (bicyclic) bond motifs is 3. The van der Waals surface area contributed by atoms with Crippen LogP contribution in [0.1, 0.15) is 59.3 Å². The maximum Gasteiger partial charge on any atom is 0.251 e. The van der Waals surface area contributed by atoms with Crippen molar-refractivity contribution < 1.29 is 4.79 Å². The van der Waals surface area contributed by atoms with Crippen LogP contribution in [0.25, 0.3) is 0 Å². The molecule has 2 heterocycles. The van der Waals surface area contributed by atoms with Crippen LogP contribution in [0, 0.1) is 5.92 Å². The Morgan fingerprint density at radius 2 is 1.85 bits per heavy atom. The Labute approximate surface area is 154 Å². The molecule has 4 heteroatoms. The van der Waals surface area contributed by atoms with Crippen molar-refractivity contribution in [2.75, 3.05) is 11.9 Å². The van der Waals surface area contributed by atoms with Gasteiger partial charge in [-0.25, -0.2) is 0 Å². The van der Waals surface area contributed by atoms with E-state index in [1.54, 1.807) is 0 Å². The fourth-order valence-electron chi connectivity index (χ4n) is 4.47. The summed E-state index contributed by atoms with van der Waals surface area (Å²) in [6, 6.07) is 17.9. The molecule has 1 unspecified atom stereocenters. The Morgan fingerprint density at radius 1 is 1.00 bits per heavy atom. The minimum Gasteiger partial charge on any atom is -0.378 e. The third-order valence-corrected chi connectivity index (χ3v) is 5.97. The molecule has 26 heavy (non-hydrogen) atoms. The highest BCUT2D eigenvalue weighted by molar-refractivity contribution is 5.95. The predicted molar refractivity (Wildman–Crippen MR) is 103 cm³/mol. The fraction of sp³-hybridized carbons (Fsp3) is 0.409. The standard InChI is InChI=1S/C22H25N3O/c26-22(24-16-9-10-16)15-8-11-19-18(13-15)21-17(7-4-12-23-21)20(25-19)14-5-2-1-3-6-14/h1-3,5-6,8,11,13,16-17,20-21,23,25H,4,7,9-10,12H2,(H,24,26)/t17-,20?,21-/m0/s1. The lowest BCUT2D eigenvalue weighted by atomic mass is 9.75. The third kappa shape index (κ3) is 2.88. The van der Waals surface area contributed by atoms with Crippen molar-refractivity contribution in [1.29, 1.82) is 0 Å². The molecule has 0 spiro atoms. The van der Waals surface area contributed by atoms with Crippen LogP contribution in [0.4, 0.5) is 5.69 Å². The highest BCUT2D eigenvalue weighted by Gasteiger charge is 2.39. The van der Waals surface area contributed by atoms with Crippen molar-refractivity contribution in [3.05, 3.63) is 65.2 Å². The summed E-state index contributed by atoms with van der Waals surface area (Å²) in [6.45, 7) is 1.04. The first-order valence-electron chi connectivity index (χ1n) is 9.79. The smallest absolute Gasteiger partial charge is 0.251 e. The summed E-state index contributed by atoms with van der Waals surface area (Å²) in [5.41, 5.74) is 4.51. The molecule has 134 valence electrons. The zero-order valence-electron chi connectivity index (χ0n) is 14.9. The SMILES string of the molecule is O=C(NC1CC1)c1ccc2c(c1)[C@H]1NCCC[C@H]1C(c1ccccc1)N2. The quantitative estimate of drug-likeness (QED) is 0.792. The molecule has 2 aromatic carbocycles. The van der Waals surface area contributed by atoms with Gasteiger partial charge in [-0.2, -0.15) is 0 Å². The first-order valence-corrected chi connectivity index (χ1v) is 9.79. The molecule has 1 saturated heterocycles. The number of hydrogen-bond acceptors (Lipinski definition) is 3. The van der Waals surface area contributed by atoms with Gasteiger partial charge in [0.25, 0.3) is 5.91 Å². The molecule has 1 aliphatic carbocycles. The van der Waals surface area contributed by atoms with Gasteiger partial charge in [-0.05, 0) is 61.6 Å². The van der Waals surface area contributed by atoms with Gasteiger partial charge in [0.1, 0.15) is 0 Å². The van der Waals surface area contributed by atoms with Crippen LogP contribution in [0.5, 0.6) is 0 Å². The average molecular weight is 347 g/mol. The number of anilines is 1. The molecule has 2 aliphatic heterocycles. The minimum absolute atomic E-state index is 0.0628. The second-order valence-electron chi connectivity index (χ2n) is 7.82. The number of carbonyl (C=O) groups excluding carboxylic acids is 1. The summed E-state index contributed by atoms with van der Waals surface area (Å²) >= 11 is 0. The molecule has 3 atom stereocenters. The van der Waals surface area contributed by atoms with E-state index >= 15 is 0 Å².